The molecule has 1 heterocycles. The van der Waals surface area contributed by atoms with Gasteiger partial charge in [-0.2, -0.15) is 0 Å². The third kappa shape index (κ3) is 4.01. The summed E-state index contributed by atoms with van der Waals surface area (Å²) >= 11 is 0. The van der Waals surface area contributed by atoms with E-state index in [1.54, 1.807) is 19.1 Å². The zero-order valence-corrected chi connectivity index (χ0v) is 12.9. The van der Waals surface area contributed by atoms with Crippen molar-refractivity contribution in [3.8, 4) is 0 Å². The molecule has 1 aromatic rings. The molecule has 1 atom stereocenters. The Morgan fingerprint density at radius 3 is 2.61 bits per heavy atom. The van der Waals surface area contributed by atoms with Crippen LogP contribution in [-0.2, 0) is 16.1 Å². The summed E-state index contributed by atoms with van der Waals surface area (Å²) in [6.07, 6.45) is 0.451. The van der Waals surface area contributed by atoms with Gasteiger partial charge in [-0.15, -0.1) is 0 Å². The van der Waals surface area contributed by atoms with Crippen LogP contribution in [0.25, 0.3) is 0 Å². The van der Waals surface area contributed by atoms with E-state index < -0.39 is 23.8 Å². The topological polar surface area (TPSA) is 99.1 Å². The third-order valence-corrected chi connectivity index (χ3v) is 3.53. The van der Waals surface area contributed by atoms with Crippen LogP contribution in [0.3, 0.4) is 0 Å². The molecule has 0 spiro atoms. The number of carbonyl (C=O) groups excluding carboxylic acids is 3. The van der Waals surface area contributed by atoms with E-state index in [-0.39, 0.29) is 13.2 Å². The van der Waals surface area contributed by atoms with Crippen molar-refractivity contribution in [3.63, 3.8) is 0 Å². The van der Waals surface area contributed by atoms with E-state index in [1.807, 2.05) is 18.2 Å². The first kappa shape index (κ1) is 16.8. The molecule has 1 aromatic carbocycles. The summed E-state index contributed by atoms with van der Waals surface area (Å²) in [4.78, 5) is 41.6. The Bertz CT molecular complexity index is 627. The van der Waals surface area contributed by atoms with E-state index >= 15 is 0 Å². The number of rotatable bonds is 6. The zero-order chi connectivity index (χ0) is 16.8. The number of urea groups is 1. The first-order chi connectivity index (χ1) is 11.0. The van der Waals surface area contributed by atoms with Crippen LogP contribution in [0.15, 0.2) is 35.3 Å². The maximum Gasteiger partial charge on any atom is 0.331 e. The first-order valence-electron chi connectivity index (χ1n) is 7.36. The van der Waals surface area contributed by atoms with Gasteiger partial charge in [-0.05, 0) is 18.9 Å². The molecule has 0 aromatic heterocycles. The number of barbiturate groups is 1. The van der Waals surface area contributed by atoms with Gasteiger partial charge in [0.2, 0.25) is 11.8 Å². The Labute approximate surface area is 134 Å². The highest BCUT2D eigenvalue weighted by Gasteiger charge is 2.41. The molecule has 0 bridgehead atoms. The number of aliphatic hydroxyl groups excluding tert-OH is 1. The maximum atomic E-state index is 12.5. The number of nitrogens with one attached hydrogen (secondary N) is 1. The lowest BCUT2D eigenvalue weighted by Gasteiger charge is -2.30. The van der Waals surface area contributed by atoms with Crippen LogP contribution in [0.5, 0.6) is 0 Å². The molecule has 1 aliphatic rings. The predicted octanol–water partition coefficient (Wildman–Crippen LogP) is 0.724. The van der Waals surface area contributed by atoms with E-state index in [4.69, 9.17) is 5.11 Å². The summed E-state index contributed by atoms with van der Waals surface area (Å²) in [5, 5.41) is 11.0. The highest BCUT2D eigenvalue weighted by Crippen LogP contribution is 2.16. The van der Waals surface area contributed by atoms with Crippen molar-refractivity contribution in [2.45, 2.75) is 19.9 Å². The number of benzene rings is 1. The minimum Gasteiger partial charge on any atom is -0.396 e. The number of carbonyl (C=O) groups is 3. The summed E-state index contributed by atoms with van der Waals surface area (Å²) in [7, 11) is 0. The fraction of sp³-hybridized carbons (Fsp3) is 0.375. The second kappa shape index (κ2) is 7.64. The van der Waals surface area contributed by atoms with E-state index in [2.05, 4.69) is 10.3 Å². The maximum absolute atomic E-state index is 12.5. The molecule has 2 N–H and O–H groups in total. The van der Waals surface area contributed by atoms with Crippen LogP contribution in [0.2, 0.25) is 0 Å². The molecule has 4 amide bonds. The largest absolute Gasteiger partial charge is 0.396 e. The lowest BCUT2D eigenvalue weighted by atomic mass is 9.99. The fourth-order valence-corrected chi connectivity index (χ4v) is 2.31. The monoisotopic (exact) mass is 317 g/mol. The number of amides is 4. The predicted molar refractivity (Wildman–Crippen MR) is 83.7 cm³/mol. The average Bonchev–Trinajstić information content (AvgIpc) is 2.52. The smallest absolute Gasteiger partial charge is 0.331 e. The van der Waals surface area contributed by atoms with Crippen LogP contribution in [0.1, 0.15) is 18.9 Å². The Morgan fingerprint density at radius 2 is 1.96 bits per heavy atom. The fourth-order valence-electron chi connectivity index (χ4n) is 2.31. The van der Waals surface area contributed by atoms with E-state index in [9.17, 15) is 14.4 Å². The Hall–Kier alpha value is -2.54. The summed E-state index contributed by atoms with van der Waals surface area (Å²) < 4.78 is 0. The number of aliphatic hydroxyl groups is 1. The van der Waals surface area contributed by atoms with Crippen LogP contribution < -0.4 is 5.32 Å². The molecular formula is C16H19N3O4. The molecule has 0 radical (unpaired) electrons. The van der Waals surface area contributed by atoms with Gasteiger partial charge in [0.15, 0.2) is 5.92 Å². The third-order valence-electron chi connectivity index (χ3n) is 3.53. The molecule has 1 aliphatic heterocycles. The molecular weight excluding hydrogens is 298 g/mol. The van der Waals surface area contributed by atoms with Gasteiger partial charge < -0.3 is 5.11 Å². The molecule has 23 heavy (non-hydrogen) atoms. The highest BCUT2D eigenvalue weighted by molar-refractivity contribution is 6.27. The van der Waals surface area contributed by atoms with E-state index in [1.165, 1.54) is 0 Å². The summed E-state index contributed by atoms with van der Waals surface area (Å²) in [6, 6.07) is 8.34. The molecule has 1 saturated heterocycles. The van der Waals surface area contributed by atoms with Crippen molar-refractivity contribution in [1.82, 2.24) is 10.2 Å². The van der Waals surface area contributed by atoms with E-state index in [0.717, 1.165) is 10.5 Å². The second-order valence-corrected chi connectivity index (χ2v) is 5.24. The molecule has 2 rings (SSSR count). The van der Waals surface area contributed by atoms with Crippen molar-refractivity contribution >= 4 is 23.6 Å². The van der Waals surface area contributed by atoms with Gasteiger partial charge in [-0.25, -0.2) is 4.79 Å². The molecule has 122 valence electrons. The Morgan fingerprint density at radius 1 is 1.26 bits per heavy atom. The van der Waals surface area contributed by atoms with Crippen molar-refractivity contribution < 1.29 is 19.5 Å². The van der Waals surface area contributed by atoms with Crippen molar-refractivity contribution in [2.75, 3.05) is 13.2 Å². The number of imide groups is 2. The summed E-state index contributed by atoms with van der Waals surface area (Å²) in [5.41, 5.74) is 1.13. The van der Waals surface area contributed by atoms with Crippen molar-refractivity contribution in [3.05, 3.63) is 35.9 Å². The molecule has 1 unspecified atom stereocenters. The number of aliphatic imine (C=N–C) groups is 1. The Balaban J connectivity index is 2.17. The van der Waals surface area contributed by atoms with Gasteiger partial charge in [0.25, 0.3) is 0 Å². The number of hydrogen-bond donors (Lipinski definition) is 2. The number of hydrogen-bond acceptors (Lipinski definition) is 5. The zero-order valence-electron chi connectivity index (χ0n) is 12.9. The minimum absolute atomic E-state index is 0.0137. The van der Waals surface area contributed by atoms with Crippen LogP contribution in [0.4, 0.5) is 4.79 Å². The second-order valence-electron chi connectivity index (χ2n) is 5.24. The molecule has 7 nitrogen and oxygen atoms in total. The highest BCUT2D eigenvalue weighted by atomic mass is 16.3. The first-order valence-corrected chi connectivity index (χ1v) is 7.36. The minimum atomic E-state index is -1.10. The van der Waals surface area contributed by atoms with Crippen LogP contribution in [0, 0.1) is 5.92 Å². The van der Waals surface area contributed by atoms with Gasteiger partial charge in [0.1, 0.15) is 0 Å². The van der Waals surface area contributed by atoms with Crippen molar-refractivity contribution in [1.29, 1.82) is 0 Å². The van der Waals surface area contributed by atoms with Gasteiger partial charge in [0.05, 0.1) is 6.54 Å². The quantitative estimate of drug-likeness (QED) is 0.459. The van der Waals surface area contributed by atoms with Gasteiger partial charge in [-0.3, -0.25) is 24.8 Å². The van der Waals surface area contributed by atoms with Crippen LogP contribution >= 0.6 is 0 Å². The van der Waals surface area contributed by atoms with Gasteiger partial charge >= 0.3 is 6.03 Å². The van der Waals surface area contributed by atoms with Crippen molar-refractivity contribution in [2.24, 2.45) is 10.9 Å². The van der Waals surface area contributed by atoms with Gasteiger partial charge in [-0.1, -0.05) is 30.3 Å². The van der Waals surface area contributed by atoms with E-state index in [0.29, 0.717) is 18.7 Å². The average molecular weight is 317 g/mol. The molecule has 0 saturated carbocycles. The Kier molecular flexibility index (Phi) is 5.59. The SMILES string of the molecule is CC(=NCCCO)C1C(=O)NC(=O)N(Cc2ccccc2)C1=O. The molecule has 0 aliphatic carbocycles. The summed E-state index contributed by atoms with van der Waals surface area (Å²) in [6.45, 7) is 1.99. The molecule has 1 fully saturated rings. The normalized spacial score (nSPS) is 19.0. The lowest BCUT2D eigenvalue weighted by molar-refractivity contribution is -0.139. The van der Waals surface area contributed by atoms with Crippen LogP contribution in [-0.4, -0.2) is 46.7 Å². The standard InChI is InChI=1S/C16H19N3O4/c1-11(17-8-5-9-20)13-14(21)18-16(23)19(15(13)22)10-12-6-3-2-4-7-12/h2-4,6-7,13,20H,5,8-10H2,1H3,(H,18,21,23). The lowest BCUT2D eigenvalue weighted by Crippen LogP contribution is -2.59. The molecule has 7 heteroatoms. The number of nitrogens with zero attached hydrogens (tertiary/aromatic N) is 2. The van der Waals surface area contributed by atoms with Gasteiger partial charge in [0, 0.05) is 18.9 Å². The summed E-state index contributed by atoms with van der Waals surface area (Å²) in [5.74, 6) is -2.34.